The highest BCUT2D eigenvalue weighted by atomic mass is 16.4. The predicted molar refractivity (Wildman–Crippen MR) is 58.5 cm³/mol. The Morgan fingerprint density at radius 1 is 1.33 bits per heavy atom. The van der Waals surface area contributed by atoms with Gasteiger partial charge in [0.25, 0.3) is 0 Å². The molecule has 0 heterocycles. The van der Waals surface area contributed by atoms with E-state index in [4.69, 9.17) is 5.11 Å². The highest BCUT2D eigenvalue weighted by molar-refractivity contribution is 5.76. The van der Waals surface area contributed by atoms with Gasteiger partial charge in [-0.15, -0.1) is 0 Å². The summed E-state index contributed by atoms with van der Waals surface area (Å²) in [4.78, 5) is 21.8. The SMILES string of the molecule is CC(CCNC(=O)CC(C)(C)C)C(=O)O. The Morgan fingerprint density at radius 3 is 2.27 bits per heavy atom. The topological polar surface area (TPSA) is 66.4 Å². The van der Waals surface area contributed by atoms with Crippen LogP contribution < -0.4 is 5.32 Å². The summed E-state index contributed by atoms with van der Waals surface area (Å²) < 4.78 is 0. The first-order chi connectivity index (χ1) is 6.72. The molecule has 0 aliphatic carbocycles. The van der Waals surface area contributed by atoms with E-state index in [1.54, 1.807) is 6.92 Å². The molecule has 0 rings (SSSR count). The molecule has 15 heavy (non-hydrogen) atoms. The number of carbonyl (C=O) groups excluding carboxylic acids is 1. The van der Waals surface area contributed by atoms with Crippen LogP contribution in [0.2, 0.25) is 0 Å². The summed E-state index contributed by atoms with van der Waals surface area (Å²) in [6.45, 7) is 8.05. The fourth-order valence-corrected chi connectivity index (χ4v) is 1.10. The molecule has 0 aliphatic heterocycles. The third-order valence-corrected chi connectivity index (χ3v) is 2.01. The van der Waals surface area contributed by atoms with Gasteiger partial charge in [-0.25, -0.2) is 0 Å². The minimum Gasteiger partial charge on any atom is -0.481 e. The number of carbonyl (C=O) groups is 2. The number of aliphatic carboxylic acids is 1. The Kier molecular flexibility index (Phi) is 5.33. The maximum Gasteiger partial charge on any atom is 0.306 e. The summed E-state index contributed by atoms with van der Waals surface area (Å²) in [6.07, 6.45) is 0.944. The van der Waals surface area contributed by atoms with Crippen molar-refractivity contribution in [2.24, 2.45) is 11.3 Å². The third-order valence-electron chi connectivity index (χ3n) is 2.01. The van der Waals surface area contributed by atoms with Gasteiger partial charge in [0, 0.05) is 13.0 Å². The average Bonchev–Trinajstić information content (AvgIpc) is 2.00. The standard InChI is InChI=1S/C11H21NO3/c1-8(10(14)15)5-6-12-9(13)7-11(2,3)4/h8H,5-7H2,1-4H3,(H,12,13)(H,14,15). The molecule has 1 amide bonds. The predicted octanol–water partition coefficient (Wildman–Crippen LogP) is 1.65. The first kappa shape index (κ1) is 13.9. The summed E-state index contributed by atoms with van der Waals surface area (Å²) in [6, 6.07) is 0. The first-order valence-corrected chi connectivity index (χ1v) is 5.22. The number of hydrogen-bond acceptors (Lipinski definition) is 2. The highest BCUT2D eigenvalue weighted by Gasteiger charge is 2.16. The molecule has 0 bridgehead atoms. The van der Waals surface area contributed by atoms with Crippen LogP contribution in [-0.2, 0) is 9.59 Å². The highest BCUT2D eigenvalue weighted by Crippen LogP contribution is 2.17. The molecule has 0 fully saturated rings. The molecular formula is C11H21NO3. The molecule has 2 N–H and O–H groups in total. The Labute approximate surface area is 91.1 Å². The van der Waals surface area contributed by atoms with Crippen LogP contribution in [0.25, 0.3) is 0 Å². The Balaban J connectivity index is 3.69. The number of carboxylic acid groups (broad SMARTS) is 1. The fraction of sp³-hybridized carbons (Fsp3) is 0.818. The monoisotopic (exact) mass is 215 g/mol. The average molecular weight is 215 g/mol. The van der Waals surface area contributed by atoms with Crippen LogP contribution in [-0.4, -0.2) is 23.5 Å². The van der Waals surface area contributed by atoms with E-state index in [2.05, 4.69) is 5.32 Å². The van der Waals surface area contributed by atoms with E-state index in [0.717, 1.165) is 0 Å². The van der Waals surface area contributed by atoms with Gasteiger partial charge >= 0.3 is 5.97 Å². The number of hydrogen-bond donors (Lipinski definition) is 2. The zero-order chi connectivity index (χ0) is 12.1. The third kappa shape index (κ3) is 7.97. The molecule has 1 unspecified atom stereocenters. The van der Waals surface area contributed by atoms with Gasteiger partial charge in [-0.2, -0.15) is 0 Å². The van der Waals surface area contributed by atoms with E-state index in [1.165, 1.54) is 0 Å². The molecule has 0 radical (unpaired) electrons. The smallest absolute Gasteiger partial charge is 0.306 e. The van der Waals surface area contributed by atoms with Gasteiger partial charge in [0.05, 0.1) is 5.92 Å². The second-order valence-electron chi connectivity index (χ2n) is 5.12. The minimum absolute atomic E-state index is 0.0138. The molecule has 0 aromatic heterocycles. The number of rotatable bonds is 5. The maximum absolute atomic E-state index is 11.4. The Hall–Kier alpha value is -1.06. The van der Waals surface area contributed by atoms with Gasteiger partial charge in [-0.3, -0.25) is 9.59 Å². The molecule has 0 aromatic rings. The molecule has 0 aromatic carbocycles. The van der Waals surface area contributed by atoms with Crippen molar-refractivity contribution in [3.63, 3.8) is 0 Å². The lowest BCUT2D eigenvalue weighted by Crippen LogP contribution is -2.29. The van der Waals surface area contributed by atoms with Gasteiger partial charge in [-0.1, -0.05) is 27.7 Å². The molecule has 0 aliphatic rings. The molecule has 0 saturated carbocycles. The van der Waals surface area contributed by atoms with Crippen molar-refractivity contribution < 1.29 is 14.7 Å². The zero-order valence-electron chi connectivity index (χ0n) is 9.96. The maximum atomic E-state index is 11.4. The lowest BCUT2D eigenvalue weighted by atomic mass is 9.92. The summed E-state index contributed by atoms with van der Waals surface area (Å²) in [5.74, 6) is -1.24. The lowest BCUT2D eigenvalue weighted by molar-refractivity contribution is -0.141. The van der Waals surface area contributed by atoms with Crippen molar-refractivity contribution in [1.29, 1.82) is 0 Å². The number of amides is 1. The van der Waals surface area contributed by atoms with E-state index >= 15 is 0 Å². The largest absolute Gasteiger partial charge is 0.481 e. The number of nitrogens with one attached hydrogen (secondary N) is 1. The summed E-state index contributed by atoms with van der Waals surface area (Å²) in [5, 5.41) is 11.3. The molecule has 88 valence electrons. The van der Waals surface area contributed by atoms with Gasteiger partial charge in [0.2, 0.25) is 5.91 Å². The quantitative estimate of drug-likeness (QED) is 0.732. The van der Waals surface area contributed by atoms with Gasteiger partial charge in [-0.05, 0) is 11.8 Å². The number of carboxylic acids is 1. The molecule has 0 spiro atoms. The Bertz CT molecular complexity index is 230. The fourth-order valence-electron chi connectivity index (χ4n) is 1.10. The molecule has 1 atom stereocenters. The van der Waals surface area contributed by atoms with E-state index in [-0.39, 0.29) is 11.3 Å². The molecule has 4 nitrogen and oxygen atoms in total. The zero-order valence-corrected chi connectivity index (χ0v) is 9.96. The normalized spacial score (nSPS) is 13.3. The van der Waals surface area contributed by atoms with Gasteiger partial charge in [0.15, 0.2) is 0 Å². The van der Waals surface area contributed by atoms with Crippen LogP contribution in [0.4, 0.5) is 0 Å². The first-order valence-electron chi connectivity index (χ1n) is 5.22. The van der Waals surface area contributed by atoms with E-state index in [9.17, 15) is 9.59 Å². The van der Waals surface area contributed by atoms with Crippen molar-refractivity contribution >= 4 is 11.9 Å². The van der Waals surface area contributed by atoms with Crippen LogP contribution in [0.15, 0.2) is 0 Å². The summed E-state index contributed by atoms with van der Waals surface area (Å²) >= 11 is 0. The van der Waals surface area contributed by atoms with Crippen molar-refractivity contribution in [1.82, 2.24) is 5.32 Å². The summed E-state index contributed by atoms with van der Waals surface area (Å²) in [7, 11) is 0. The van der Waals surface area contributed by atoms with E-state index in [0.29, 0.717) is 19.4 Å². The minimum atomic E-state index is -0.819. The second kappa shape index (κ2) is 5.73. The Morgan fingerprint density at radius 2 is 1.87 bits per heavy atom. The van der Waals surface area contributed by atoms with E-state index in [1.807, 2.05) is 20.8 Å². The van der Waals surface area contributed by atoms with Gasteiger partial charge < -0.3 is 10.4 Å². The van der Waals surface area contributed by atoms with Crippen molar-refractivity contribution in [3.05, 3.63) is 0 Å². The lowest BCUT2D eigenvalue weighted by Gasteiger charge is -2.17. The van der Waals surface area contributed by atoms with Crippen molar-refractivity contribution in [2.75, 3.05) is 6.54 Å². The van der Waals surface area contributed by atoms with Crippen LogP contribution in [0.3, 0.4) is 0 Å². The van der Waals surface area contributed by atoms with Crippen LogP contribution in [0.5, 0.6) is 0 Å². The van der Waals surface area contributed by atoms with Crippen LogP contribution in [0, 0.1) is 11.3 Å². The molecular weight excluding hydrogens is 194 g/mol. The molecule has 4 heteroatoms. The van der Waals surface area contributed by atoms with Crippen molar-refractivity contribution in [3.8, 4) is 0 Å². The van der Waals surface area contributed by atoms with Crippen LogP contribution in [0.1, 0.15) is 40.5 Å². The van der Waals surface area contributed by atoms with E-state index < -0.39 is 11.9 Å². The molecule has 0 saturated heterocycles. The van der Waals surface area contributed by atoms with Gasteiger partial charge in [0.1, 0.15) is 0 Å². The van der Waals surface area contributed by atoms with Crippen molar-refractivity contribution in [2.45, 2.75) is 40.5 Å². The van der Waals surface area contributed by atoms with Crippen LogP contribution >= 0.6 is 0 Å². The summed E-state index contributed by atoms with van der Waals surface area (Å²) in [5.41, 5.74) is -0.0253. The second-order valence-corrected chi connectivity index (χ2v) is 5.12.